The third-order valence-corrected chi connectivity index (χ3v) is 3.88. The summed E-state index contributed by atoms with van der Waals surface area (Å²) in [6.07, 6.45) is 0.800. The highest BCUT2D eigenvalue weighted by molar-refractivity contribution is 6.35. The van der Waals surface area contributed by atoms with Crippen LogP contribution in [0.3, 0.4) is 0 Å². The van der Waals surface area contributed by atoms with Crippen LogP contribution in [0, 0.1) is 0 Å². The molecule has 0 saturated carbocycles. The molecule has 0 saturated heterocycles. The fourth-order valence-corrected chi connectivity index (χ4v) is 2.42. The van der Waals surface area contributed by atoms with Gasteiger partial charge < -0.3 is 14.2 Å². The van der Waals surface area contributed by atoms with Gasteiger partial charge in [0.2, 0.25) is 0 Å². The van der Waals surface area contributed by atoms with Crippen LogP contribution in [0.25, 0.3) is 0 Å². The molecule has 2 aromatic carbocycles. The molecule has 1 N–H and O–H groups in total. The fourth-order valence-electron chi connectivity index (χ4n) is 1.91. The van der Waals surface area contributed by atoms with Gasteiger partial charge in [0.1, 0.15) is 6.61 Å². The molecule has 0 aliphatic carbocycles. The molecule has 2 rings (SSSR count). The summed E-state index contributed by atoms with van der Waals surface area (Å²) in [5.41, 5.74) is 3.60. The van der Waals surface area contributed by atoms with Gasteiger partial charge in [-0.1, -0.05) is 29.3 Å². The van der Waals surface area contributed by atoms with Crippen LogP contribution in [-0.4, -0.2) is 26.5 Å². The lowest BCUT2D eigenvalue weighted by molar-refractivity contribution is 0.171. The van der Waals surface area contributed by atoms with Crippen molar-refractivity contribution in [3.05, 3.63) is 57.6 Å². The number of ether oxygens (including phenoxy) is 3. The maximum absolute atomic E-state index is 10.9. The highest BCUT2D eigenvalue weighted by atomic mass is 35.5. The molecule has 1 amide bonds. The second-order valence-corrected chi connectivity index (χ2v) is 5.58. The predicted octanol–water partition coefficient (Wildman–Crippen LogP) is 4.27. The van der Waals surface area contributed by atoms with Crippen LogP contribution in [-0.2, 0) is 11.3 Å². The Morgan fingerprint density at radius 3 is 2.52 bits per heavy atom. The summed E-state index contributed by atoms with van der Waals surface area (Å²) in [5.74, 6) is 1.03. The van der Waals surface area contributed by atoms with Crippen molar-refractivity contribution in [3.8, 4) is 11.5 Å². The number of nitrogens with one attached hydrogen (secondary N) is 1. The SMILES string of the molecule is COC(=O)NN=Cc1ccc(OCc2c(Cl)cccc2Cl)c(OC)c1. The van der Waals surface area contributed by atoms with E-state index in [1.54, 1.807) is 36.4 Å². The zero-order valence-corrected chi connectivity index (χ0v) is 15.1. The van der Waals surface area contributed by atoms with E-state index in [1.807, 2.05) is 0 Å². The molecule has 0 spiro atoms. The predicted molar refractivity (Wildman–Crippen MR) is 96.9 cm³/mol. The first-order valence-electron chi connectivity index (χ1n) is 7.16. The van der Waals surface area contributed by atoms with E-state index in [0.717, 1.165) is 0 Å². The van der Waals surface area contributed by atoms with Crippen LogP contribution in [0.4, 0.5) is 4.79 Å². The number of carbonyl (C=O) groups excluding carboxylic acids is 1. The molecule has 132 valence electrons. The Morgan fingerprint density at radius 1 is 1.16 bits per heavy atom. The third-order valence-electron chi connectivity index (χ3n) is 3.18. The van der Waals surface area contributed by atoms with Crippen LogP contribution in [0.15, 0.2) is 41.5 Å². The lowest BCUT2D eigenvalue weighted by Crippen LogP contribution is -2.16. The van der Waals surface area contributed by atoms with Crippen molar-refractivity contribution in [2.24, 2.45) is 5.10 Å². The molecule has 0 aromatic heterocycles. The molecule has 0 atom stereocenters. The standard InChI is InChI=1S/C17H16Cl2N2O4/c1-23-16-8-11(9-20-21-17(22)24-2)6-7-15(16)25-10-12-13(18)4-3-5-14(12)19/h3-9H,10H2,1-2H3,(H,21,22). The van der Waals surface area contributed by atoms with Crippen molar-refractivity contribution in [1.29, 1.82) is 0 Å². The van der Waals surface area contributed by atoms with Gasteiger partial charge >= 0.3 is 6.09 Å². The Bertz CT molecular complexity index is 761. The normalized spacial score (nSPS) is 10.6. The molecular formula is C17H16Cl2N2O4. The molecule has 6 nitrogen and oxygen atoms in total. The maximum Gasteiger partial charge on any atom is 0.427 e. The molecule has 0 radical (unpaired) electrons. The maximum atomic E-state index is 10.9. The molecule has 0 heterocycles. The van der Waals surface area contributed by atoms with Gasteiger partial charge in [-0.25, -0.2) is 10.2 Å². The Kier molecular flexibility index (Phi) is 6.91. The number of carbonyl (C=O) groups is 1. The number of amides is 1. The van der Waals surface area contributed by atoms with Crippen molar-refractivity contribution < 1.29 is 19.0 Å². The number of halogens is 2. The van der Waals surface area contributed by atoms with Gasteiger partial charge in [-0.3, -0.25) is 0 Å². The molecule has 0 aliphatic rings. The minimum Gasteiger partial charge on any atom is -0.493 e. The summed E-state index contributed by atoms with van der Waals surface area (Å²) in [7, 11) is 2.78. The molecule has 0 bridgehead atoms. The van der Waals surface area contributed by atoms with Crippen molar-refractivity contribution >= 4 is 35.5 Å². The first kappa shape index (κ1) is 18.9. The molecule has 25 heavy (non-hydrogen) atoms. The van der Waals surface area contributed by atoms with Crippen LogP contribution >= 0.6 is 23.2 Å². The van der Waals surface area contributed by atoms with Crippen molar-refractivity contribution in [1.82, 2.24) is 5.43 Å². The van der Waals surface area contributed by atoms with Crippen molar-refractivity contribution in [2.75, 3.05) is 14.2 Å². The lowest BCUT2D eigenvalue weighted by Gasteiger charge is -2.13. The van der Waals surface area contributed by atoms with E-state index in [1.165, 1.54) is 20.4 Å². The summed E-state index contributed by atoms with van der Waals surface area (Å²) in [6.45, 7) is 0.201. The van der Waals surface area contributed by atoms with E-state index >= 15 is 0 Å². The molecule has 8 heteroatoms. The van der Waals surface area contributed by atoms with Crippen molar-refractivity contribution in [3.63, 3.8) is 0 Å². The van der Waals surface area contributed by atoms with Gasteiger partial charge in [0.05, 0.1) is 20.4 Å². The van der Waals surface area contributed by atoms with Crippen LogP contribution in [0.2, 0.25) is 10.0 Å². The fraction of sp³-hybridized carbons (Fsp3) is 0.176. The molecule has 0 aliphatic heterocycles. The Labute approximate surface area is 155 Å². The van der Waals surface area contributed by atoms with E-state index in [4.69, 9.17) is 32.7 Å². The minimum atomic E-state index is -0.653. The average Bonchev–Trinajstić information content (AvgIpc) is 2.61. The second kappa shape index (κ2) is 9.15. The third kappa shape index (κ3) is 5.27. The highest BCUT2D eigenvalue weighted by Gasteiger charge is 2.09. The Hall–Kier alpha value is -2.44. The summed E-state index contributed by atoms with van der Waals surface area (Å²) in [6, 6.07) is 10.5. The van der Waals surface area contributed by atoms with Crippen molar-refractivity contribution in [2.45, 2.75) is 6.61 Å². The number of hydrogen-bond donors (Lipinski definition) is 1. The Morgan fingerprint density at radius 2 is 1.88 bits per heavy atom. The van der Waals surface area contributed by atoms with Gasteiger partial charge in [0, 0.05) is 15.6 Å². The zero-order chi connectivity index (χ0) is 18.2. The van der Waals surface area contributed by atoms with Crippen LogP contribution in [0.1, 0.15) is 11.1 Å². The first-order valence-corrected chi connectivity index (χ1v) is 7.91. The Balaban J connectivity index is 2.10. The summed E-state index contributed by atoms with van der Waals surface area (Å²) < 4.78 is 15.5. The number of hydrazone groups is 1. The second-order valence-electron chi connectivity index (χ2n) is 4.76. The molecule has 2 aromatic rings. The first-order chi connectivity index (χ1) is 12.0. The molecule has 0 fully saturated rings. The minimum absolute atomic E-state index is 0.201. The summed E-state index contributed by atoms with van der Waals surface area (Å²) >= 11 is 12.3. The van der Waals surface area contributed by atoms with E-state index in [9.17, 15) is 4.79 Å². The molecular weight excluding hydrogens is 367 g/mol. The van der Waals surface area contributed by atoms with E-state index in [-0.39, 0.29) is 6.61 Å². The van der Waals surface area contributed by atoms with Crippen LogP contribution < -0.4 is 14.9 Å². The lowest BCUT2D eigenvalue weighted by atomic mass is 10.2. The quantitative estimate of drug-likeness (QED) is 0.598. The van der Waals surface area contributed by atoms with E-state index in [2.05, 4.69) is 15.3 Å². The number of hydrogen-bond acceptors (Lipinski definition) is 5. The number of benzene rings is 2. The topological polar surface area (TPSA) is 69.2 Å². The largest absolute Gasteiger partial charge is 0.493 e. The number of rotatable bonds is 6. The number of methoxy groups -OCH3 is 2. The van der Waals surface area contributed by atoms with Gasteiger partial charge in [-0.05, 0) is 35.9 Å². The smallest absolute Gasteiger partial charge is 0.427 e. The summed E-state index contributed by atoms with van der Waals surface area (Å²) in [5, 5.41) is 4.82. The highest BCUT2D eigenvalue weighted by Crippen LogP contribution is 2.31. The van der Waals surface area contributed by atoms with E-state index in [0.29, 0.717) is 32.7 Å². The van der Waals surface area contributed by atoms with Crippen LogP contribution in [0.5, 0.6) is 11.5 Å². The molecule has 0 unspecified atom stereocenters. The monoisotopic (exact) mass is 382 g/mol. The number of nitrogens with zero attached hydrogens (tertiary/aromatic N) is 1. The van der Waals surface area contributed by atoms with Gasteiger partial charge in [-0.2, -0.15) is 5.10 Å². The van der Waals surface area contributed by atoms with E-state index < -0.39 is 6.09 Å². The van der Waals surface area contributed by atoms with Gasteiger partial charge in [-0.15, -0.1) is 0 Å². The van der Waals surface area contributed by atoms with Gasteiger partial charge in [0.25, 0.3) is 0 Å². The average molecular weight is 383 g/mol. The summed E-state index contributed by atoms with van der Waals surface area (Å²) in [4.78, 5) is 10.9. The van der Waals surface area contributed by atoms with Gasteiger partial charge in [0.15, 0.2) is 11.5 Å². The zero-order valence-electron chi connectivity index (χ0n) is 13.6.